The van der Waals surface area contributed by atoms with Crippen molar-refractivity contribution in [3.05, 3.63) is 85.1 Å². The summed E-state index contributed by atoms with van der Waals surface area (Å²) in [4.78, 5) is 24.2. The zero-order valence-electron chi connectivity index (χ0n) is 30.0. The minimum atomic E-state index is -0.811. The number of carbonyl (C=O) groups excluding carboxylic acids is 2. The van der Waals surface area contributed by atoms with Crippen molar-refractivity contribution in [2.24, 2.45) is 0 Å². The van der Waals surface area contributed by atoms with Crippen LogP contribution in [-0.2, 0) is 19.1 Å². The van der Waals surface area contributed by atoms with Gasteiger partial charge in [-0.1, -0.05) is 137 Å². The minimum Gasteiger partial charge on any atom is -0.462 e. The molecule has 0 amide bonds. The first kappa shape index (κ1) is 44.1. The molecular weight excluding hydrogens is 584 g/mol. The number of rotatable bonds is 32. The van der Waals surface area contributed by atoms with E-state index in [0.29, 0.717) is 12.8 Å². The van der Waals surface area contributed by atoms with Gasteiger partial charge in [-0.2, -0.15) is 0 Å². The number of esters is 2. The first-order valence-electron chi connectivity index (χ1n) is 18.6. The predicted molar refractivity (Wildman–Crippen MR) is 200 cm³/mol. The maximum atomic E-state index is 12.1. The van der Waals surface area contributed by atoms with E-state index >= 15 is 0 Å². The Hall–Kier alpha value is -2.92. The number of carbonyl (C=O) groups is 2. The fraction of sp³-hybridized carbons (Fsp3) is 0.619. The van der Waals surface area contributed by atoms with E-state index in [9.17, 15) is 14.7 Å². The van der Waals surface area contributed by atoms with Crippen molar-refractivity contribution in [2.45, 2.75) is 155 Å². The molecule has 0 aliphatic heterocycles. The number of unbranched alkanes of at least 4 members (excludes halogenated alkanes) is 10. The van der Waals surface area contributed by atoms with Gasteiger partial charge in [-0.25, -0.2) is 0 Å². The quantitative estimate of drug-likeness (QED) is 0.0445. The molecule has 0 bridgehead atoms. The van der Waals surface area contributed by atoms with Gasteiger partial charge in [-0.15, -0.1) is 0 Å². The number of aliphatic hydroxyl groups is 1. The first-order chi connectivity index (χ1) is 23.1. The summed E-state index contributed by atoms with van der Waals surface area (Å²) in [6.07, 6.45) is 50.7. The summed E-state index contributed by atoms with van der Waals surface area (Å²) in [5, 5.41) is 9.53. The summed E-state index contributed by atoms with van der Waals surface area (Å²) in [7, 11) is 0. The van der Waals surface area contributed by atoms with Crippen LogP contribution in [0.15, 0.2) is 85.1 Å². The van der Waals surface area contributed by atoms with Crippen molar-refractivity contribution in [2.75, 3.05) is 13.2 Å². The van der Waals surface area contributed by atoms with Gasteiger partial charge < -0.3 is 14.6 Å². The van der Waals surface area contributed by atoms with E-state index < -0.39 is 6.10 Å². The van der Waals surface area contributed by atoms with Crippen LogP contribution in [0.25, 0.3) is 0 Å². The topological polar surface area (TPSA) is 72.8 Å². The zero-order valence-corrected chi connectivity index (χ0v) is 30.0. The van der Waals surface area contributed by atoms with Crippen molar-refractivity contribution in [1.82, 2.24) is 0 Å². The van der Waals surface area contributed by atoms with Gasteiger partial charge in [0.05, 0.1) is 6.61 Å². The van der Waals surface area contributed by atoms with Crippen LogP contribution in [0.3, 0.4) is 0 Å². The molecule has 0 saturated heterocycles. The molecule has 5 heteroatoms. The van der Waals surface area contributed by atoms with Gasteiger partial charge in [0, 0.05) is 12.8 Å². The Morgan fingerprint density at radius 2 is 0.936 bits per heavy atom. The molecule has 0 rings (SSSR count). The fourth-order valence-electron chi connectivity index (χ4n) is 4.62. The van der Waals surface area contributed by atoms with Crippen LogP contribution in [0, 0.1) is 0 Å². The van der Waals surface area contributed by atoms with Gasteiger partial charge in [-0.3, -0.25) is 9.59 Å². The molecule has 1 atom stereocenters. The Morgan fingerprint density at radius 3 is 1.45 bits per heavy atom. The third-order valence-corrected chi connectivity index (χ3v) is 7.42. The summed E-state index contributed by atoms with van der Waals surface area (Å²) in [5.41, 5.74) is 0. The molecule has 0 saturated carbocycles. The molecule has 0 aromatic rings. The standard InChI is InChI=1S/C42H68O5/c1-3-5-7-9-11-13-15-17-19-21-23-25-27-29-31-33-35-37-42(45)47-40(38-43)39-46-41(44)36-34-32-30-28-26-24-22-20-18-16-14-12-10-8-6-4-2/h5,7,11,13-14,16-17,19-20,22-23,25,29,31,40,43H,3-4,6,8-10,12,15,18,21,24,26-28,30,32-39H2,1-2H3/b7-5-,13-11-,16-14-,19-17-,22-20-,25-23-,31-29-. The van der Waals surface area contributed by atoms with Crippen molar-refractivity contribution < 1.29 is 24.2 Å². The average molecular weight is 653 g/mol. The minimum absolute atomic E-state index is 0.101. The second-order valence-electron chi connectivity index (χ2n) is 11.9. The zero-order chi connectivity index (χ0) is 34.3. The molecule has 0 radical (unpaired) electrons. The van der Waals surface area contributed by atoms with Crippen molar-refractivity contribution in [1.29, 1.82) is 0 Å². The Morgan fingerprint density at radius 1 is 0.511 bits per heavy atom. The molecule has 266 valence electrons. The Bertz CT molecular complexity index is 921. The van der Waals surface area contributed by atoms with E-state index in [2.05, 4.69) is 98.9 Å². The van der Waals surface area contributed by atoms with E-state index in [0.717, 1.165) is 77.0 Å². The van der Waals surface area contributed by atoms with Gasteiger partial charge in [-0.05, 0) is 83.5 Å². The maximum absolute atomic E-state index is 12.1. The number of allylic oxidation sites excluding steroid dienone is 14. The lowest BCUT2D eigenvalue weighted by molar-refractivity contribution is -0.161. The van der Waals surface area contributed by atoms with Crippen LogP contribution in [0.1, 0.15) is 149 Å². The van der Waals surface area contributed by atoms with Crippen LogP contribution < -0.4 is 0 Å². The van der Waals surface area contributed by atoms with Crippen LogP contribution in [0.4, 0.5) is 0 Å². The summed E-state index contributed by atoms with van der Waals surface area (Å²) in [6, 6.07) is 0. The molecule has 47 heavy (non-hydrogen) atoms. The Balaban J connectivity index is 3.73. The molecule has 5 nitrogen and oxygen atoms in total. The lowest BCUT2D eigenvalue weighted by Gasteiger charge is -2.15. The predicted octanol–water partition coefficient (Wildman–Crippen LogP) is 11.6. The first-order valence-corrected chi connectivity index (χ1v) is 18.6. The molecule has 0 aliphatic carbocycles. The van der Waals surface area contributed by atoms with Crippen LogP contribution >= 0.6 is 0 Å². The number of hydrogen-bond acceptors (Lipinski definition) is 5. The number of ether oxygens (including phenoxy) is 2. The molecule has 0 fully saturated rings. The largest absolute Gasteiger partial charge is 0.462 e. The molecule has 0 spiro atoms. The third kappa shape index (κ3) is 35.8. The summed E-state index contributed by atoms with van der Waals surface area (Å²) >= 11 is 0. The molecule has 0 aromatic heterocycles. The summed E-state index contributed by atoms with van der Waals surface area (Å²) in [5.74, 6) is -0.684. The van der Waals surface area contributed by atoms with Gasteiger partial charge >= 0.3 is 11.9 Å². The Kier molecular flexibility index (Phi) is 35.2. The highest BCUT2D eigenvalue weighted by Gasteiger charge is 2.15. The third-order valence-electron chi connectivity index (χ3n) is 7.42. The van der Waals surface area contributed by atoms with E-state index in [1.165, 1.54) is 38.5 Å². The summed E-state index contributed by atoms with van der Waals surface area (Å²) < 4.78 is 10.5. The van der Waals surface area contributed by atoms with E-state index in [1.54, 1.807) is 0 Å². The van der Waals surface area contributed by atoms with Gasteiger partial charge in [0.15, 0.2) is 6.10 Å². The van der Waals surface area contributed by atoms with Crippen LogP contribution in [-0.4, -0.2) is 36.4 Å². The molecule has 1 unspecified atom stereocenters. The SMILES string of the molecule is CC/C=C\C/C=C\C/C=C\C/C=C\C/C=C\CCCC(=O)OC(CO)COC(=O)CCCCCCC/C=C\C/C=C\CCCCCC. The van der Waals surface area contributed by atoms with Crippen molar-refractivity contribution >= 4 is 11.9 Å². The monoisotopic (exact) mass is 653 g/mol. The normalized spacial score (nSPS) is 13.2. The fourth-order valence-corrected chi connectivity index (χ4v) is 4.62. The lowest BCUT2D eigenvalue weighted by Crippen LogP contribution is -2.28. The highest BCUT2D eigenvalue weighted by Crippen LogP contribution is 2.10. The molecule has 0 aliphatic rings. The maximum Gasteiger partial charge on any atom is 0.306 e. The van der Waals surface area contributed by atoms with E-state index in [4.69, 9.17) is 9.47 Å². The van der Waals surface area contributed by atoms with E-state index in [-0.39, 0.29) is 31.6 Å². The van der Waals surface area contributed by atoms with Gasteiger partial charge in [0.2, 0.25) is 0 Å². The van der Waals surface area contributed by atoms with Gasteiger partial charge in [0.1, 0.15) is 6.61 Å². The lowest BCUT2D eigenvalue weighted by atomic mass is 10.1. The molecule has 0 heterocycles. The van der Waals surface area contributed by atoms with Crippen LogP contribution in [0.5, 0.6) is 0 Å². The smallest absolute Gasteiger partial charge is 0.306 e. The molecule has 1 N–H and O–H groups in total. The van der Waals surface area contributed by atoms with Crippen molar-refractivity contribution in [3.8, 4) is 0 Å². The summed E-state index contributed by atoms with van der Waals surface area (Å²) in [6.45, 7) is 3.92. The number of aliphatic hydroxyl groups excluding tert-OH is 1. The highest BCUT2D eigenvalue weighted by atomic mass is 16.6. The average Bonchev–Trinajstić information content (AvgIpc) is 3.07. The number of hydrogen-bond donors (Lipinski definition) is 1. The van der Waals surface area contributed by atoms with E-state index in [1.807, 2.05) is 0 Å². The van der Waals surface area contributed by atoms with Crippen LogP contribution in [0.2, 0.25) is 0 Å². The molecule has 0 aromatic carbocycles. The van der Waals surface area contributed by atoms with Crippen molar-refractivity contribution in [3.63, 3.8) is 0 Å². The van der Waals surface area contributed by atoms with Gasteiger partial charge in [0.25, 0.3) is 0 Å². The highest BCUT2D eigenvalue weighted by molar-refractivity contribution is 5.70. The second-order valence-corrected chi connectivity index (χ2v) is 11.9. The Labute approximate surface area is 288 Å². The molecular formula is C42H68O5. The second kappa shape index (κ2) is 37.5.